The van der Waals surface area contributed by atoms with Crippen molar-refractivity contribution in [2.45, 2.75) is 45.2 Å². The topological polar surface area (TPSA) is 42.2 Å². The maximum atomic E-state index is 13.1. The van der Waals surface area contributed by atoms with Crippen LogP contribution in [0, 0.1) is 5.82 Å². The number of rotatable bonds is 4. The van der Waals surface area contributed by atoms with Crippen LogP contribution in [-0.4, -0.2) is 21.6 Å². The predicted octanol–water partition coefficient (Wildman–Crippen LogP) is 3.50. The molecule has 1 aromatic heterocycles. The van der Waals surface area contributed by atoms with E-state index >= 15 is 0 Å². The van der Waals surface area contributed by atoms with Crippen LogP contribution in [0.2, 0.25) is 0 Å². The number of piperidine rings is 1. The first-order chi connectivity index (χ1) is 10.3. The molecular formula is C16H20FN3O. The standard InChI is InChI=1S/C16H20FN3O/c1-2-16-18-15(19-21-16)11-20-10-4-3-5-14(20)12-6-8-13(17)9-7-12/h6-9,14H,2-5,10-11H2,1H3/t14-/m1/s1. The molecule has 0 amide bonds. The Morgan fingerprint density at radius 2 is 2.10 bits per heavy atom. The van der Waals surface area contributed by atoms with E-state index in [4.69, 9.17) is 4.52 Å². The maximum Gasteiger partial charge on any atom is 0.226 e. The number of hydrogen-bond donors (Lipinski definition) is 0. The summed E-state index contributed by atoms with van der Waals surface area (Å²) in [7, 11) is 0. The lowest BCUT2D eigenvalue weighted by molar-refractivity contribution is 0.135. The third-order valence-electron chi connectivity index (χ3n) is 4.03. The fourth-order valence-electron chi connectivity index (χ4n) is 2.92. The van der Waals surface area contributed by atoms with Crippen molar-refractivity contribution in [3.05, 3.63) is 47.4 Å². The van der Waals surface area contributed by atoms with E-state index in [0.717, 1.165) is 30.8 Å². The van der Waals surface area contributed by atoms with Crippen molar-refractivity contribution < 1.29 is 8.91 Å². The molecule has 1 saturated heterocycles. The fraction of sp³-hybridized carbons (Fsp3) is 0.500. The smallest absolute Gasteiger partial charge is 0.226 e. The zero-order valence-corrected chi connectivity index (χ0v) is 12.3. The second-order valence-corrected chi connectivity index (χ2v) is 5.49. The van der Waals surface area contributed by atoms with Gasteiger partial charge in [0.2, 0.25) is 5.89 Å². The first-order valence-electron chi connectivity index (χ1n) is 7.57. The molecule has 1 aliphatic rings. The molecule has 0 spiro atoms. The van der Waals surface area contributed by atoms with Crippen LogP contribution >= 0.6 is 0 Å². The molecule has 0 bridgehead atoms. The molecule has 112 valence electrons. The van der Waals surface area contributed by atoms with Crippen molar-refractivity contribution in [2.24, 2.45) is 0 Å². The Morgan fingerprint density at radius 3 is 2.81 bits per heavy atom. The van der Waals surface area contributed by atoms with Crippen LogP contribution in [0.4, 0.5) is 4.39 Å². The number of halogens is 1. The highest BCUT2D eigenvalue weighted by atomic mass is 19.1. The number of aromatic nitrogens is 2. The summed E-state index contributed by atoms with van der Waals surface area (Å²) in [6.45, 7) is 3.70. The number of nitrogens with zero attached hydrogens (tertiary/aromatic N) is 3. The molecule has 2 aromatic rings. The van der Waals surface area contributed by atoms with Gasteiger partial charge in [0.1, 0.15) is 5.82 Å². The van der Waals surface area contributed by atoms with Crippen LogP contribution in [0.5, 0.6) is 0 Å². The monoisotopic (exact) mass is 289 g/mol. The summed E-state index contributed by atoms with van der Waals surface area (Å²) in [6, 6.07) is 7.14. The SMILES string of the molecule is CCc1nc(CN2CCCC[C@@H]2c2ccc(F)cc2)no1. The van der Waals surface area contributed by atoms with E-state index in [1.807, 2.05) is 19.1 Å². The van der Waals surface area contributed by atoms with E-state index in [1.165, 1.54) is 25.0 Å². The quantitative estimate of drug-likeness (QED) is 0.864. The lowest BCUT2D eigenvalue weighted by Gasteiger charge is -2.35. The summed E-state index contributed by atoms with van der Waals surface area (Å²) in [5, 5.41) is 4.04. The van der Waals surface area contributed by atoms with Crippen LogP contribution in [0.3, 0.4) is 0 Å². The van der Waals surface area contributed by atoms with Crippen LogP contribution in [0.1, 0.15) is 49.5 Å². The molecule has 5 heteroatoms. The fourth-order valence-corrected chi connectivity index (χ4v) is 2.92. The van der Waals surface area contributed by atoms with E-state index in [2.05, 4.69) is 15.0 Å². The van der Waals surface area contributed by atoms with Crippen LogP contribution in [0.25, 0.3) is 0 Å². The molecule has 0 saturated carbocycles. The largest absolute Gasteiger partial charge is 0.339 e. The molecule has 3 rings (SSSR count). The Labute approximate surface area is 124 Å². The predicted molar refractivity (Wildman–Crippen MR) is 77.1 cm³/mol. The number of hydrogen-bond acceptors (Lipinski definition) is 4. The third kappa shape index (κ3) is 3.29. The molecule has 0 aliphatic carbocycles. The van der Waals surface area contributed by atoms with E-state index in [9.17, 15) is 4.39 Å². The Balaban J connectivity index is 1.76. The molecule has 21 heavy (non-hydrogen) atoms. The molecular weight excluding hydrogens is 269 g/mol. The zero-order chi connectivity index (χ0) is 14.7. The van der Waals surface area contributed by atoms with Gasteiger partial charge in [-0.3, -0.25) is 4.90 Å². The third-order valence-corrected chi connectivity index (χ3v) is 4.03. The summed E-state index contributed by atoms with van der Waals surface area (Å²) in [4.78, 5) is 6.75. The average Bonchev–Trinajstić information content (AvgIpc) is 2.96. The molecule has 4 nitrogen and oxygen atoms in total. The highest BCUT2D eigenvalue weighted by Gasteiger charge is 2.25. The summed E-state index contributed by atoms with van der Waals surface area (Å²) in [6.07, 6.45) is 4.22. The van der Waals surface area contributed by atoms with Crippen LogP contribution in [0.15, 0.2) is 28.8 Å². The highest BCUT2D eigenvalue weighted by Crippen LogP contribution is 2.31. The van der Waals surface area contributed by atoms with Crippen molar-refractivity contribution >= 4 is 0 Å². The average molecular weight is 289 g/mol. The lowest BCUT2D eigenvalue weighted by atomic mass is 9.95. The van der Waals surface area contributed by atoms with Gasteiger partial charge in [-0.05, 0) is 37.1 Å². The number of likely N-dealkylation sites (tertiary alicyclic amines) is 1. The molecule has 1 aliphatic heterocycles. The first kappa shape index (κ1) is 14.2. The van der Waals surface area contributed by atoms with Crippen molar-refractivity contribution in [1.82, 2.24) is 15.0 Å². The highest BCUT2D eigenvalue weighted by molar-refractivity contribution is 5.20. The van der Waals surface area contributed by atoms with Crippen molar-refractivity contribution in [1.29, 1.82) is 0 Å². The summed E-state index contributed by atoms with van der Waals surface area (Å²) >= 11 is 0. The van der Waals surface area contributed by atoms with E-state index in [-0.39, 0.29) is 5.82 Å². The van der Waals surface area contributed by atoms with Gasteiger partial charge >= 0.3 is 0 Å². The van der Waals surface area contributed by atoms with Gasteiger partial charge in [-0.1, -0.05) is 30.6 Å². The Morgan fingerprint density at radius 1 is 1.29 bits per heavy atom. The molecule has 0 radical (unpaired) electrons. The van der Waals surface area contributed by atoms with Crippen molar-refractivity contribution in [3.8, 4) is 0 Å². The van der Waals surface area contributed by atoms with Crippen molar-refractivity contribution in [2.75, 3.05) is 6.54 Å². The lowest BCUT2D eigenvalue weighted by Crippen LogP contribution is -2.33. The van der Waals surface area contributed by atoms with Crippen LogP contribution < -0.4 is 0 Å². The molecule has 2 heterocycles. The number of benzene rings is 1. The van der Waals surface area contributed by atoms with Gasteiger partial charge in [-0.25, -0.2) is 4.39 Å². The second-order valence-electron chi connectivity index (χ2n) is 5.49. The Kier molecular flexibility index (Phi) is 4.29. The molecule has 1 atom stereocenters. The van der Waals surface area contributed by atoms with Gasteiger partial charge < -0.3 is 4.52 Å². The van der Waals surface area contributed by atoms with E-state index in [1.54, 1.807) is 0 Å². The van der Waals surface area contributed by atoms with Gasteiger partial charge in [0, 0.05) is 12.5 Å². The minimum Gasteiger partial charge on any atom is -0.339 e. The molecule has 0 N–H and O–H groups in total. The molecule has 0 unspecified atom stereocenters. The van der Waals surface area contributed by atoms with Crippen molar-refractivity contribution in [3.63, 3.8) is 0 Å². The normalized spacial score (nSPS) is 19.8. The Hall–Kier alpha value is -1.75. The molecule has 1 fully saturated rings. The van der Waals surface area contributed by atoms with E-state index < -0.39 is 0 Å². The maximum absolute atomic E-state index is 13.1. The first-order valence-corrected chi connectivity index (χ1v) is 7.57. The van der Waals surface area contributed by atoms with Gasteiger partial charge in [0.05, 0.1) is 6.54 Å². The molecule has 1 aromatic carbocycles. The summed E-state index contributed by atoms with van der Waals surface area (Å²) in [5.74, 6) is 1.23. The van der Waals surface area contributed by atoms with Crippen LogP contribution in [-0.2, 0) is 13.0 Å². The second kappa shape index (κ2) is 6.35. The van der Waals surface area contributed by atoms with Gasteiger partial charge in [-0.2, -0.15) is 4.98 Å². The zero-order valence-electron chi connectivity index (χ0n) is 12.3. The Bertz CT molecular complexity index is 581. The summed E-state index contributed by atoms with van der Waals surface area (Å²) < 4.78 is 18.3. The minimum absolute atomic E-state index is 0.188. The van der Waals surface area contributed by atoms with Gasteiger partial charge in [0.25, 0.3) is 0 Å². The number of aryl methyl sites for hydroxylation is 1. The van der Waals surface area contributed by atoms with Gasteiger partial charge in [-0.15, -0.1) is 0 Å². The summed E-state index contributed by atoms with van der Waals surface area (Å²) in [5.41, 5.74) is 1.16. The van der Waals surface area contributed by atoms with Gasteiger partial charge in [0.15, 0.2) is 5.82 Å². The van der Waals surface area contributed by atoms with E-state index in [0.29, 0.717) is 18.5 Å². The minimum atomic E-state index is -0.188.